The fourth-order valence-electron chi connectivity index (χ4n) is 4.61. The third-order valence-corrected chi connectivity index (χ3v) is 6.60. The van der Waals surface area contributed by atoms with Crippen LogP contribution in [0.4, 0.5) is 14.5 Å². The Bertz CT molecular complexity index is 1890. The highest BCUT2D eigenvalue weighted by Crippen LogP contribution is 2.37. The van der Waals surface area contributed by atoms with Gasteiger partial charge < -0.3 is 24.6 Å². The lowest BCUT2D eigenvalue weighted by Gasteiger charge is -2.14. The van der Waals surface area contributed by atoms with Gasteiger partial charge in [-0.3, -0.25) is 19.1 Å². The van der Waals surface area contributed by atoms with Crippen LogP contribution in [0.1, 0.15) is 15.9 Å². The summed E-state index contributed by atoms with van der Waals surface area (Å²) < 4.78 is 46.4. The molecule has 0 unspecified atom stereocenters. The van der Waals surface area contributed by atoms with E-state index in [1.54, 1.807) is 6.20 Å². The standard InChI is InChI=1S/C30H21F2N3O6/c1-39-26-13-20-22(14-23(26)36)33-10-8-24(20)41-25-7-4-18(12-21(25)32)34-29(37)27-28-16(9-11-40-28)15-35(30(27)38)19-5-2-17(31)3-6-19/h2-8,10,12-15,36H,9,11H2,1H3,(H,34,37). The molecule has 206 valence electrons. The average molecular weight is 558 g/mol. The average Bonchev–Trinajstić information content (AvgIpc) is 3.42. The number of carbonyl (C=O) groups is 1. The highest BCUT2D eigenvalue weighted by Gasteiger charge is 2.27. The number of amides is 1. The number of carbonyl (C=O) groups excluding carboxylic acids is 1. The summed E-state index contributed by atoms with van der Waals surface area (Å²) in [6, 6.07) is 13.6. The number of phenols is 1. The SMILES string of the molecule is COc1cc2c(Oc3ccc(NC(=O)c4c5c(cn(-c6ccc(F)cc6)c4=O)CCO5)cc3F)ccnc2cc1O. The molecule has 2 aromatic heterocycles. The van der Waals surface area contributed by atoms with E-state index in [0.717, 1.165) is 6.07 Å². The molecular weight excluding hydrogens is 536 g/mol. The van der Waals surface area contributed by atoms with E-state index in [0.29, 0.717) is 35.2 Å². The second-order valence-corrected chi connectivity index (χ2v) is 9.16. The number of hydrogen-bond acceptors (Lipinski definition) is 7. The number of aromatic hydroxyl groups is 1. The molecule has 1 aliphatic heterocycles. The number of pyridine rings is 2. The summed E-state index contributed by atoms with van der Waals surface area (Å²) >= 11 is 0. The smallest absolute Gasteiger partial charge is 0.271 e. The minimum absolute atomic E-state index is 0.0781. The van der Waals surface area contributed by atoms with Gasteiger partial charge >= 0.3 is 0 Å². The summed E-state index contributed by atoms with van der Waals surface area (Å²) in [5.74, 6) is -1.64. The molecule has 0 fully saturated rings. The van der Waals surface area contributed by atoms with Crippen molar-refractivity contribution < 1.29 is 32.9 Å². The molecule has 1 amide bonds. The van der Waals surface area contributed by atoms with Crippen molar-refractivity contribution in [3.05, 3.63) is 106 Å². The lowest BCUT2D eigenvalue weighted by Crippen LogP contribution is -2.29. The number of anilines is 1. The summed E-state index contributed by atoms with van der Waals surface area (Å²) in [6.07, 6.45) is 3.50. The molecule has 41 heavy (non-hydrogen) atoms. The molecule has 5 aromatic rings. The topological polar surface area (TPSA) is 112 Å². The summed E-state index contributed by atoms with van der Waals surface area (Å²) in [6.45, 7) is 0.290. The van der Waals surface area contributed by atoms with Gasteiger partial charge in [0, 0.05) is 53.3 Å². The first-order valence-corrected chi connectivity index (χ1v) is 12.4. The van der Waals surface area contributed by atoms with Gasteiger partial charge in [-0.2, -0.15) is 0 Å². The van der Waals surface area contributed by atoms with Gasteiger partial charge in [0.2, 0.25) is 0 Å². The lowest BCUT2D eigenvalue weighted by atomic mass is 10.1. The first-order valence-electron chi connectivity index (χ1n) is 12.4. The molecule has 1 aliphatic rings. The Labute approximate surface area is 231 Å². The maximum Gasteiger partial charge on any atom is 0.271 e. The van der Waals surface area contributed by atoms with Crippen molar-refractivity contribution in [3.63, 3.8) is 0 Å². The predicted molar refractivity (Wildman–Crippen MR) is 146 cm³/mol. The van der Waals surface area contributed by atoms with E-state index >= 15 is 4.39 Å². The minimum atomic E-state index is -0.787. The maximum atomic E-state index is 15.1. The Morgan fingerprint density at radius 2 is 1.85 bits per heavy atom. The molecule has 0 aliphatic carbocycles. The quantitative estimate of drug-likeness (QED) is 0.289. The van der Waals surface area contributed by atoms with Crippen molar-refractivity contribution in [2.45, 2.75) is 6.42 Å². The molecule has 0 radical (unpaired) electrons. The maximum absolute atomic E-state index is 15.1. The van der Waals surface area contributed by atoms with Crippen LogP contribution in [-0.4, -0.2) is 34.3 Å². The highest BCUT2D eigenvalue weighted by molar-refractivity contribution is 6.06. The molecule has 9 nitrogen and oxygen atoms in total. The zero-order valence-electron chi connectivity index (χ0n) is 21.5. The minimum Gasteiger partial charge on any atom is -0.504 e. The van der Waals surface area contributed by atoms with Crippen LogP contribution in [0.5, 0.6) is 28.7 Å². The molecule has 11 heteroatoms. The predicted octanol–water partition coefficient (Wildman–Crippen LogP) is 5.36. The molecule has 2 N–H and O–H groups in total. The number of hydrogen-bond donors (Lipinski definition) is 2. The number of aromatic nitrogens is 2. The van der Waals surface area contributed by atoms with E-state index in [9.17, 15) is 19.1 Å². The first-order chi connectivity index (χ1) is 19.8. The molecule has 6 rings (SSSR count). The van der Waals surface area contributed by atoms with Gasteiger partial charge in [0.1, 0.15) is 22.9 Å². The van der Waals surface area contributed by atoms with Gasteiger partial charge in [-0.25, -0.2) is 8.78 Å². The number of halogens is 2. The van der Waals surface area contributed by atoms with Gasteiger partial charge in [-0.05, 0) is 48.5 Å². The number of rotatable bonds is 6. The monoisotopic (exact) mass is 557 g/mol. The molecule has 0 spiro atoms. The fraction of sp³-hybridized carbons (Fsp3) is 0.100. The van der Waals surface area contributed by atoms with Crippen LogP contribution in [-0.2, 0) is 6.42 Å². The van der Waals surface area contributed by atoms with Crippen LogP contribution in [0, 0.1) is 11.6 Å². The third kappa shape index (κ3) is 4.78. The largest absolute Gasteiger partial charge is 0.504 e. The van der Waals surface area contributed by atoms with E-state index in [2.05, 4.69) is 10.3 Å². The number of phenolic OH excluding ortho intramolecular Hbond substituents is 1. The molecule has 0 saturated carbocycles. The van der Waals surface area contributed by atoms with Gasteiger partial charge in [0.05, 0.1) is 19.2 Å². The number of ether oxygens (including phenoxy) is 3. The number of nitrogens with one attached hydrogen (secondary N) is 1. The lowest BCUT2D eigenvalue weighted by molar-refractivity contribution is 0.102. The first kappa shape index (κ1) is 25.8. The van der Waals surface area contributed by atoms with Crippen molar-refractivity contribution >= 4 is 22.5 Å². The van der Waals surface area contributed by atoms with Crippen LogP contribution in [0.25, 0.3) is 16.6 Å². The number of nitrogens with zero attached hydrogens (tertiary/aromatic N) is 2. The second kappa shape index (κ2) is 10.3. The molecule has 0 atom stereocenters. The van der Waals surface area contributed by atoms with Gasteiger partial charge in [-0.15, -0.1) is 0 Å². The fourth-order valence-corrected chi connectivity index (χ4v) is 4.61. The van der Waals surface area contributed by atoms with Crippen molar-refractivity contribution in [1.29, 1.82) is 0 Å². The van der Waals surface area contributed by atoms with Crippen molar-refractivity contribution in [1.82, 2.24) is 9.55 Å². The van der Waals surface area contributed by atoms with Gasteiger partial charge in [-0.1, -0.05) is 0 Å². The van der Waals surface area contributed by atoms with Gasteiger partial charge in [0.15, 0.2) is 23.1 Å². The molecule has 0 saturated heterocycles. The Morgan fingerprint density at radius 3 is 2.61 bits per heavy atom. The van der Waals surface area contributed by atoms with Crippen molar-refractivity contribution in [3.8, 4) is 34.4 Å². The van der Waals surface area contributed by atoms with Crippen LogP contribution in [0.2, 0.25) is 0 Å². The molecule has 3 heterocycles. The zero-order chi connectivity index (χ0) is 28.7. The summed E-state index contributed by atoms with van der Waals surface area (Å²) in [4.78, 5) is 30.8. The number of methoxy groups -OCH3 is 1. The summed E-state index contributed by atoms with van der Waals surface area (Å²) in [5.41, 5.74) is 0.600. The van der Waals surface area contributed by atoms with E-state index in [1.165, 1.54) is 72.5 Å². The molecular formula is C30H21F2N3O6. The number of benzene rings is 3. The van der Waals surface area contributed by atoms with Gasteiger partial charge in [0.25, 0.3) is 11.5 Å². The summed E-state index contributed by atoms with van der Waals surface area (Å²) in [7, 11) is 1.40. The second-order valence-electron chi connectivity index (χ2n) is 9.16. The van der Waals surface area contributed by atoms with Crippen LogP contribution in [0.3, 0.4) is 0 Å². The van der Waals surface area contributed by atoms with Crippen LogP contribution in [0.15, 0.2) is 77.9 Å². The third-order valence-electron chi connectivity index (χ3n) is 6.60. The Kier molecular flexibility index (Phi) is 6.46. The van der Waals surface area contributed by atoms with E-state index in [1.807, 2.05) is 0 Å². The van der Waals surface area contributed by atoms with Crippen LogP contribution < -0.4 is 25.1 Å². The van der Waals surface area contributed by atoms with Crippen molar-refractivity contribution in [2.75, 3.05) is 19.0 Å². The summed E-state index contributed by atoms with van der Waals surface area (Å²) in [5, 5.41) is 13.1. The van der Waals surface area contributed by atoms with E-state index in [-0.39, 0.29) is 40.0 Å². The Morgan fingerprint density at radius 1 is 1.05 bits per heavy atom. The normalized spacial score (nSPS) is 12.1. The van der Waals surface area contributed by atoms with E-state index < -0.39 is 23.1 Å². The highest BCUT2D eigenvalue weighted by atomic mass is 19.1. The number of fused-ring (bicyclic) bond motifs is 2. The molecule has 0 bridgehead atoms. The Balaban J connectivity index is 1.29. The van der Waals surface area contributed by atoms with Crippen LogP contribution >= 0.6 is 0 Å². The zero-order valence-corrected chi connectivity index (χ0v) is 21.5. The van der Waals surface area contributed by atoms with E-state index in [4.69, 9.17) is 14.2 Å². The molecule has 3 aromatic carbocycles. The Hall–Kier alpha value is -5.45. The van der Waals surface area contributed by atoms with Crippen molar-refractivity contribution in [2.24, 2.45) is 0 Å².